The molecule has 0 fully saturated rings. The summed E-state index contributed by atoms with van der Waals surface area (Å²) < 4.78 is 0. The van der Waals surface area contributed by atoms with Crippen molar-refractivity contribution in [2.24, 2.45) is 0 Å². The van der Waals surface area contributed by atoms with E-state index >= 15 is 0 Å². The molecule has 0 aliphatic heterocycles. The van der Waals surface area contributed by atoms with E-state index in [4.69, 9.17) is 0 Å². The molecule has 3 rings (SSSR count). The summed E-state index contributed by atoms with van der Waals surface area (Å²) in [4.78, 5) is 5.47. The smallest absolute Gasteiger partial charge is 0.0456 e. The first-order valence-electron chi connectivity index (χ1n) is 8.18. The van der Waals surface area contributed by atoms with Gasteiger partial charge in [0.2, 0.25) is 0 Å². The normalized spacial score (nSPS) is 12.5. The molecule has 0 amide bonds. The van der Waals surface area contributed by atoms with Gasteiger partial charge in [-0.05, 0) is 42.7 Å². The lowest BCUT2D eigenvalue weighted by Gasteiger charge is -2.15. The number of hydrogen-bond acceptors (Lipinski definition) is 2. The number of benzene rings is 2. The molecule has 0 saturated heterocycles. The van der Waals surface area contributed by atoms with E-state index < -0.39 is 0 Å². The third kappa shape index (κ3) is 3.74. The van der Waals surface area contributed by atoms with Crippen LogP contribution in [0, 0.1) is 0 Å². The second-order valence-corrected chi connectivity index (χ2v) is 6.41. The van der Waals surface area contributed by atoms with Gasteiger partial charge in [-0.3, -0.25) is 0 Å². The fourth-order valence-electron chi connectivity index (χ4n) is 2.91. The van der Waals surface area contributed by atoms with E-state index in [1.54, 1.807) is 0 Å². The van der Waals surface area contributed by atoms with Crippen LogP contribution in [0.15, 0.2) is 54.7 Å². The monoisotopic (exact) mass is 307 g/mol. The van der Waals surface area contributed by atoms with Crippen LogP contribution in [0.25, 0.3) is 10.9 Å². The number of aromatic nitrogens is 1. The molecule has 23 heavy (non-hydrogen) atoms. The number of fused-ring (bicyclic) bond motifs is 1. The molecule has 1 aromatic heterocycles. The van der Waals surface area contributed by atoms with Crippen molar-refractivity contribution in [3.63, 3.8) is 0 Å². The predicted molar refractivity (Wildman–Crippen MR) is 99.1 cm³/mol. The van der Waals surface area contributed by atoms with E-state index in [9.17, 15) is 0 Å². The Hall–Kier alpha value is -2.26. The average Bonchev–Trinajstić information content (AvgIpc) is 2.96. The van der Waals surface area contributed by atoms with Crippen molar-refractivity contribution in [3.05, 3.63) is 65.9 Å². The lowest BCUT2D eigenvalue weighted by Crippen LogP contribution is -2.27. The molecule has 0 radical (unpaired) electrons. The van der Waals surface area contributed by atoms with Crippen LogP contribution in [0.1, 0.15) is 18.1 Å². The zero-order valence-corrected chi connectivity index (χ0v) is 14.1. The first-order valence-corrected chi connectivity index (χ1v) is 8.18. The SMILES string of the molecule is C[C@H](Cc1c[nH]c2ccccc12)NCc1ccc(N(C)C)cc1. The predicted octanol–water partition coefficient (Wildman–Crippen LogP) is 3.95. The average molecular weight is 307 g/mol. The topological polar surface area (TPSA) is 31.1 Å². The second-order valence-electron chi connectivity index (χ2n) is 6.41. The van der Waals surface area contributed by atoms with Crippen LogP contribution in [-0.2, 0) is 13.0 Å². The fourth-order valence-corrected chi connectivity index (χ4v) is 2.91. The van der Waals surface area contributed by atoms with Crippen LogP contribution >= 0.6 is 0 Å². The maximum atomic E-state index is 3.62. The number of nitrogens with zero attached hydrogens (tertiary/aromatic N) is 1. The van der Waals surface area contributed by atoms with Gasteiger partial charge in [0.05, 0.1) is 0 Å². The summed E-state index contributed by atoms with van der Waals surface area (Å²) in [5, 5.41) is 4.95. The first-order chi connectivity index (χ1) is 11.1. The minimum absolute atomic E-state index is 0.433. The zero-order chi connectivity index (χ0) is 16.2. The maximum absolute atomic E-state index is 3.62. The summed E-state index contributed by atoms with van der Waals surface area (Å²) >= 11 is 0. The number of rotatable bonds is 6. The van der Waals surface area contributed by atoms with E-state index in [0.717, 1.165) is 13.0 Å². The van der Waals surface area contributed by atoms with E-state index in [0.29, 0.717) is 6.04 Å². The van der Waals surface area contributed by atoms with Crippen LogP contribution in [-0.4, -0.2) is 25.1 Å². The zero-order valence-electron chi connectivity index (χ0n) is 14.1. The number of nitrogens with one attached hydrogen (secondary N) is 2. The second kappa shape index (κ2) is 6.88. The minimum Gasteiger partial charge on any atom is -0.378 e. The van der Waals surface area contributed by atoms with Gasteiger partial charge < -0.3 is 15.2 Å². The third-order valence-corrected chi connectivity index (χ3v) is 4.31. The lowest BCUT2D eigenvalue weighted by atomic mass is 10.1. The van der Waals surface area contributed by atoms with Gasteiger partial charge in [-0.15, -0.1) is 0 Å². The van der Waals surface area contributed by atoms with Gasteiger partial charge in [0, 0.05) is 49.5 Å². The molecular weight excluding hydrogens is 282 g/mol. The number of H-pyrrole nitrogens is 1. The van der Waals surface area contributed by atoms with Gasteiger partial charge in [0.1, 0.15) is 0 Å². The van der Waals surface area contributed by atoms with Crippen LogP contribution in [0.4, 0.5) is 5.69 Å². The number of aromatic amines is 1. The Bertz CT molecular complexity index is 756. The Morgan fingerprint density at radius 3 is 2.52 bits per heavy atom. The molecule has 3 aromatic rings. The van der Waals surface area contributed by atoms with Gasteiger partial charge in [0.25, 0.3) is 0 Å². The van der Waals surface area contributed by atoms with Gasteiger partial charge >= 0.3 is 0 Å². The van der Waals surface area contributed by atoms with Crippen LogP contribution in [0.5, 0.6) is 0 Å². The standard InChI is InChI=1S/C20H25N3/c1-15(12-17-14-22-20-7-5-4-6-19(17)20)21-13-16-8-10-18(11-9-16)23(2)3/h4-11,14-15,21-22H,12-13H2,1-3H3/t15-/m1/s1. The summed E-state index contributed by atoms with van der Waals surface area (Å²) in [6, 6.07) is 17.6. The number of para-hydroxylation sites is 1. The Morgan fingerprint density at radius 2 is 1.78 bits per heavy atom. The van der Waals surface area contributed by atoms with Crippen molar-refractivity contribution in [2.45, 2.75) is 25.9 Å². The van der Waals surface area contributed by atoms with Crippen molar-refractivity contribution in [3.8, 4) is 0 Å². The molecule has 2 N–H and O–H groups in total. The van der Waals surface area contributed by atoms with Crippen molar-refractivity contribution in [2.75, 3.05) is 19.0 Å². The van der Waals surface area contributed by atoms with Crippen LogP contribution in [0.3, 0.4) is 0 Å². The summed E-state index contributed by atoms with van der Waals surface area (Å²) in [5.74, 6) is 0. The Balaban J connectivity index is 1.58. The third-order valence-electron chi connectivity index (χ3n) is 4.31. The Kier molecular flexibility index (Phi) is 4.68. The molecule has 0 spiro atoms. The van der Waals surface area contributed by atoms with Crippen LogP contribution in [0.2, 0.25) is 0 Å². The van der Waals surface area contributed by atoms with Crippen molar-refractivity contribution < 1.29 is 0 Å². The maximum Gasteiger partial charge on any atom is 0.0456 e. The highest BCUT2D eigenvalue weighted by Gasteiger charge is 2.08. The summed E-state index contributed by atoms with van der Waals surface area (Å²) in [5.41, 5.74) is 5.15. The van der Waals surface area contributed by atoms with Crippen molar-refractivity contribution >= 4 is 16.6 Å². The van der Waals surface area contributed by atoms with Gasteiger partial charge in [0.15, 0.2) is 0 Å². The van der Waals surface area contributed by atoms with Crippen molar-refractivity contribution in [1.82, 2.24) is 10.3 Å². The highest BCUT2D eigenvalue weighted by atomic mass is 15.1. The molecule has 3 nitrogen and oxygen atoms in total. The van der Waals surface area contributed by atoms with Crippen LogP contribution < -0.4 is 10.2 Å². The Labute approximate surface area is 138 Å². The highest BCUT2D eigenvalue weighted by Crippen LogP contribution is 2.19. The minimum atomic E-state index is 0.433. The Morgan fingerprint density at radius 1 is 1.04 bits per heavy atom. The van der Waals surface area contributed by atoms with Crippen molar-refractivity contribution in [1.29, 1.82) is 0 Å². The molecule has 120 valence electrons. The molecule has 0 bridgehead atoms. The van der Waals surface area contributed by atoms with Gasteiger partial charge in [-0.2, -0.15) is 0 Å². The largest absolute Gasteiger partial charge is 0.378 e. The summed E-state index contributed by atoms with van der Waals surface area (Å²) in [7, 11) is 4.13. The molecule has 0 aliphatic rings. The molecule has 3 heteroatoms. The molecule has 1 heterocycles. The summed E-state index contributed by atoms with van der Waals surface area (Å²) in [6.07, 6.45) is 3.16. The molecule has 1 atom stereocenters. The van der Waals surface area contributed by atoms with E-state index in [2.05, 4.69) is 90.9 Å². The molecular formula is C20H25N3. The molecule has 0 aliphatic carbocycles. The summed E-state index contributed by atoms with van der Waals surface area (Å²) in [6.45, 7) is 3.15. The molecule has 2 aromatic carbocycles. The van der Waals surface area contributed by atoms with E-state index in [1.807, 2.05) is 0 Å². The van der Waals surface area contributed by atoms with E-state index in [-0.39, 0.29) is 0 Å². The first kappa shape index (κ1) is 15.6. The van der Waals surface area contributed by atoms with Gasteiger partial charge in [-0.1, -0.05) is 30.3 Å². The van der Waals surface area contributed by atoms with E-state index in [1.165, 1.54) is 27.7 Å². The quantitative estimate of drug-likeness (QED) is 0.722. The molecule has 0 saturated carbocycles. The lowest BCUT2D eigenvalue weighted by molar-refractivity contribution is 0.547. The number of hydrogen-bond donors (Lipinski definition) is 2. The number of anilines is 1. The molecule has 0 unspecified atom stereocenters. The van der Waals surface area contributed by atoms with Gasteiger partial charge in [-0.25, -0.2) is 0 Å². The highest BCUT2D eigenvalue weighted by molar-refractivity contribution is 5.83. The fraction of sp³-hybridized carbons (Fsp3) is 0.300.